The smallest absolute Gasteiger partial charge is 0.286 e. The third-order valence-electron chi connectivity index (χ3n) is 5.87. The van der Waals surface area contributed by atoms with Crippen LogP contribution in [0.5, 0.6) is 11.5 Å². The minimum atomic E-state index is -0.367. The summed E-state index contributed by atoms with van der Waals surface area (Å²) in [5.41, 5.74) is 5.04. The third kappa shape index (κ3) is 3.70. The Balaban J connectivity index is 1.35. The van der Waals surface area contributed by atoms with E-state index in [0.29, 0.717) is 6.42 Å². The molecule has 2 amide bonds. The Bertz CT molecular complexity index is 1420. The number of hydrogen-bond acceptors (Lipinski definition) is 6. The summed E-state index contributed by atoms with van der Waals surface area (Å²) in [7, 11) is 0. The lowest BCUT2D eigenvalue weighted by molar-refractivity contribution is -0.118. The standard InChI is InChI=1S/C26H18N2O4S/c29-25-23(33-26(30)28-25)9-15-3-4-17-10-18(6-5-16(17)8-15)20-11-21(19-2-1-7-27-13-19)24-22(12-20)31-14-32-24/h1-8,10-13,23H,9,14H2,(H,28,29,30). The quantitative estimate of drug-likeness (QED) is 0.457. The van der Waals surface area contributed by atoms with E-state index < -0.39 is 0 Å². The maximum atomic E-state index is 11.9. The molecule has 162 valence electrons. The van der Waals surface area contributed by atoms with Crippen molar-refractivity contribution in [2.75, 3.05) is 6.79 Å². The fourth-order valence-corrected chi connectivity index (χ4v) is 5.12. The topological polar surface area (TPSA) is 77.5 Å². The second kappa shape index (κ2) is 7.94. The van der Waals surface area contributed by atoms with Crippen molar-refractivity contribution in [1.29, 1.82) is 0 Å². The molecule has 3 aromatic carbocycles. The second-order valence-electron chi connectivity index (χ2n) is 7.98. The van der Waals surface area contributed by atoms with Gasteiger partial charge in [-0.2, -0.15) is 0 Å². The van der Waals surface area contributed by atoms with Gasteiger partial charge in [-0.1, -0.05) is 48.2 Å². The highest BCUT2D eigenvalue weighted by Crippen LogP contribution is 2.44. The van der Waals surface area contributed by atoms with Gasteiger partial charge < -0.3 is 9.47 Å². The van der Waals surface area contributed by atoms with Crippen LogP contribution >= 0.6 is 11.8 Å². The van der Waals surface area contributed by atoms with Gasteiger partial charge in [0.15, 0.2) is 11.5 Å². The average Bonchev–Trinajstić information content (AvgIpc) is 3.44. The fourth-order valence-electron chi connectivity index (χ4n) is 4.26. The summed E-state index contributed by atoms with van der Waals surface area (Å²) in [5, 5.41) is 3.88. The number of pyridine rings is 1. The molecule has 1 saturated heterocycles. The lowest BCUT2D eigenvalue weighted by Crippen LogP contribution is -2.25. The number of hydrogen-bond donors (Lipinski definition) is 1. The molecule has 0 radical (unpaired) electrons. The third-order valence-corrected chi connectivity index (χ3v) is 6.85. The molecule has 1 fully saturated rings. The molecule has 1 N–H and O–H groups in total. The summed E-state index contributed by atoms with van der Waals surface area (Å²) in [4.78, 5) is 27.6. The Kier molecular flexibility index (Phi) is 4.77. The Hall–Kier alpha value is -3.84. The predicted octanol–water partition coefficient (Wildman–Crippen LogP) is 5.19. The van der Waals surface area contributed by atoms with Crippen LogP contribution in [-0.2, 0) is 11.2 Å². The normalized spacial score (nSPS) is 16.9. The maximum Gasteiger partial charge on any atom is 0.286 e. The fraction of sp³-hybridized carbons (Fsp3) is 0.115. The lowest BCUT2D eigenvalue weighted by atomic mass is 9.95. The zero-order valence-electron chi connectivity index (χ0n) is 17.4. The number of fused-ring (bicyclic) bond motifs is 2. The van der Waals surface area contributed by atoms with Gasteiger partial charge in [0.1, 0.15) is 0 Å². The highest BCUT2D eigenvalue weighted by molar-refractivity contribution is 8.15. The Morgan fingerprint density at radius 1 is 0.939 bits per heavy atom. The van der Waals surface area contributed by atoms with Gasteiger partial charge in [-0.25, -0.2) is 0 Å². The van der Waals surface area contributed by atoms with Crippen molar-refractivity contribution in [2.24, 2.45) is 0 Å². The van der Waals surface area contributed by atoms with Gasteiger partial charge in [-0.3, -0.25) is 19.9 Å². The number of nitrogens with one attached hydrogen (secondary N) is 1. The van der Waals surface area contributed by atoms with Crippen molar-refractivity contribution in [3.05, 3.63) is 78.6 Å². The molecular formula is C26H18N2O4S. The van der Waals surface area contributed by atoms with Crippen molar-refractivity contribution < 1.29 is 19.1 Å². The van der Waals surface area contributed by atoms with Crippen molar-refractivity contribution in [1.82, 2.24) is 10.3 Å². The minimum Gasteiger partial charge on any atom is -0.454 e. The highest BCUT2D eigenvalue weighted by atomic mass is 32.2. The van der Waals surface area contributed by atoms with E-state index in [-0.39, 0.29) is 23.2 Å². The van der Waals surface area contributed by atoms with Crippen LogP contribution in [0, 0.1) is 0 Å². The molecule has 0 spiro atoms. The molecular weight excluding hydrogens is 436 g/mol. The van der Waals surface area contributed by atoms with Crippen LogP contribution in [-0.4, -0.2) is 28.2 Å². The first-order valence-electron chi connectivity index (χ1n) is 10.5. The van der Waals surface area contributed by atoms with Crippen LogP contribution in [0.25, 0.3) is 33.0 Å². The van der Waals surface area contributed by atoms with Crippen molar-refractivity contribution in [2.45, 2.75) is 11.7 Å². The van der Waals surface area contributed by atoms with E-state index >= 15 is 0 Å². The number of aromatic nitrogens is 1. The molecule has 4 aromatic rings. The average molecular weight is 455 g/mol. The van der Waals surface area contributed by atoms with Crippen LogP contribution in [0.3, 0.4) is 0 Å². The zero-order chi connectivity index (χ0) is 22.4. The monoisotopic (exact) mass is 454 g/mol. The Morgan fingerprint density at radius 2 is 1.82 bits per heavy atom. The molecule has 0 saturated carbocycles. The summed E-state index contributed by atoms with van der Waals surface area (Å²) in [6.07, 6.45) is 4.09. The lowest BCUT2D eigenvalue weighted by Gasteiger charge is -2.11. The molecule has 1 atom stereocenters. The van der Waals surface area contributed by atoms with E-state index in [4.69, 9.17) is 9.47 Å². The van der Waals surface area contributed by atoms with Crippen LogP contribution in [0.2, 0.25) is 0 Å². The first-order chi connectivity index (χ1) is 16.1. The predicted molar refractivity (Wildman–Crippen MR) is 127 cm³/mol. The van der Waals surface area contributed by atoms with Crippen LogP contribution in [0.4, 0.5) is 4.79 Å². The number of rotatable bonds is 4. The Morgan fingerprint density at radius 3 is 2.64 bits per heavy atom. The number of imide groups is 1. The van der Waals surface area contributed by atoms with Crippen molar-refractivity contribution >= 4 is 33.7 Å². The summed E-state index contributed by atoms with van der Waals surface area (Å²) >= 11 is 1.06. The first kappa shape index (κ1) is 19.8. The summed E-state index contributed by atoms with van der Waals surface area (Å²) < 4.78 is 11.4. The van der Waals surface area contributed by atoms with Crippen molar-refractivity contribution in [3.8, 4) is 33.8 Å². The number of ether oxygens (including phenoxy) is 2. The molecule has 2 aliphatic heterocycles. The maximum absolute atomic E-state index is 11.9. The number of thioether (sulfide) groups is 1. The molecule has 0 bridgehead atoms. The minimum absolute atomic E-state index is 0.204. The molecule has 1 aromatic heterocycles. The number of carbonyl (C=O) groups is 2. The van der Waals surface area contributed by atoms with Crippen LogP contribution in [0.1, 0.15) is 5.56 Å². The second-order valence-corrected chi connectivity index (χ2v) is 9.16. The van der Waals surface area contributed by atoms with Gasteiger partial charge in [0, 0.05) is 23.5 Å². The van der Waals surface area contributed by atoms with Gasteiger partial charge in [0.25, 0.3) is 5.24 Å². The van der Waals surface area contributed by atoms with Gasteiger partial charge in [-0.15, -0.1) is 0 Å². The number of amides is 2. The summed E-state index contributed by atoms with van der Waals surface area (Å²) in [5.74, 6) is 1.25. The molecule has 1 unspecified atom stereocenters. The molecule has 7 heteroatoms. The molecule has 2 aliphatic rings. The first-order valence-corrected chi connectivity index (χ1v) is 11.4. The molecule has 3 heterocycles. The van der Waals surface area contributed by atoms with Gasteiger partial charge >= 0.3 is 0 Å². The van der Waals surface area contributed by atoms with E-state index in [9.17, 15) is 9.59 Å². The summed E-state index contributed by atoms with van der Waals surface area (Å²) in [6.45, 7) is 0.204. The van der Waals surface area contributed by atoms with Crippen LogP contribution in [0.15, 0.2) is 73.1 Å². The highest BCUT2D eigenvalue weighted by Gasteiger charge is 2.31. The van der Waals surface area contributed by atoms with E-state index in [1.807, 2.05) is 30.5 Å². The zero-order valence-corrected chi connectivity index (χ0v) is 18.2. The largest absolute Gasteiger partial charge is 0.454 e. The summed E-state index contributed by atoms with van der Waals surface area (Å²) in [6, 6.07) is 20.5. The Labute approximate surface area is 193 Å². The van der Waals surface area contributed by atoms with Gasteiger partial charge in [0.2, 0.25) is 12.7 Å². The molecule has 33 heavy (non-hydrogen) atoms. The van der Waals surface area contributed by atoms with Gasteiger partial charge in [-0.05, 0) is 58.1 Å². The molecule has 6 nitrogen and oxygen atoms in total. The van der Waals surface area contributed by atoms with E-state index in [1.54, 1.807) is 6.20 Å². The number of benzene rings is 3. The molecule has 6 rings (SSSR count). The number of carbonyl (C=O) groups excluding carboxylic acids is 2. The van der Waals surface area contributed by atoms with E-state index in [1.165, 1.54) is 0 Å². The van der Waals surface area contributed by atoms with Crippen LogP contribution < -0.4 is 14.8 Å². The van der Waals surface area contributed by atoms with Crippen molar-refractivity contribution in [3.63, 3.8) is 0 Å². The molecule has 0 aliphatic carbocycles. The number of nitrogens with zero attached hydrogens (tertiary/aromatic N) is 1. The SMILES string of the molecule is O=C1NC(=O)C(Cc2ccc3cc(-c4cc5c(c(-c6cccnc6)c4)OCO5)ccc3c2)S1. The van der Waals surface area contributed by atoms with E-state index in [2.05, 4.69) is 46.7 Å². The van der Waals surface area contributed by atoms with E-state index in [0.717, 1.165) is 61.9 Å². The van der Waals surface area contributed by atoms with Gasteiger partial charge in [0.05, 0.1) is 5.25 Å².